The van der Waals surface area contributed by atoms with E-state index in [1.165, 1.54) is 0 Å². The molecule has 1 amide bonds. The number of aliphatic carboxylic acids is 1. The van der Waals surface area contributed by atoms with Crippen LogP contribution in [0.4, 0.5) is 0 Å². The summed E-state index contributed by atoms with van der Waals surface area (Å²) < 4.78 is 0. The maximum Gasteiger partial charge on any atom is 0.320 e. The second-order valence-corrected chi connectivity index (χ2v) is 5.37. The van der Waals surface area contributed by atoms with Crippen LogP contribution in [0.1, 0.15) is 18.4 Å². The lowest BCUT2D eigenvalue weighted by Gasteiger charge is -2.13. The Morgan fingerprint density at radius 1 is 1.30 bits per heavy atom. The molecule has 1 aromatic rings. The summed E-state index contributed by atoms with van der Waals surface area (Å²) in [5.74, 6) is -0.943. The molecule has 0 aliphatic heterocycles. The molecule has 1 aromatic carbocycles. The van der Waals surface area contributed by atoms with E-state index in [-0.39, 0.29) is 18.4 Å². The molecule has 0 heterocycles. The molecule has 1 unspecified atom stereocenters. The van der Waals surface area contributed by atoms with Gasteiger partial charge in [-0.05, 0) is 36.5 Å². The van der Waals surface area contributed by atoms with Crippen LogP contribution in [0.5, 0.6) is 0 Å². The second kappa shape index (κ2) is 6.72. The standard InChI is InChI=1S/C14H17ClN2O3/c15-11-5-1-9(2-6-11)7-16-12(18)8-17-13(14(19)20)10-3-4-10/h1-2,5-6,10,13,17H,3-4,7-8H2,(H,16,18)(H,19,20). The number of hydrogen-bond acceptors (Lipinski definition) is 3. The first-order valence-corrected chi connectivity index (χ1v) is 6.91. The van der Waals surface area contributed by atoms with Gasteiger partial charge in [-0.3, -0.25) is 14.9 Å². The van der Waals surface area contributed by atoms with Gasteiger partial charge in [-0.1, -0.05) is 23.7 Å². The van der Waals surface area contributed by atoms with Gasteiger partial charge in [-0.2, -0.15) is 0 Å². The molecule has 108 valence electrons. The van der Waals surface area contributed by atoms with E-state index in [4.69, 9.17) is 16.7 Å². The van der Waals surface area contributed by atoms with Crippen molar-refractivity contribution in [3.63, 3.8) is 0 Å². The smallest absolute Gasteiger partial charge is 0.320 e. The Balaban J connectivity index is 1.72. The van der Waals surface area contributed by atoms with Crippen molar-refractivity contribution in [1.82, 2.24) is 10.6 Å². The summed E-state index contributed by atoms with van der Waals surface area (Å²) in [6.07, 6.45) is 1.83. The summed E-state index contributed by atoms with van der Waals surface area (Å²) in [6, 6.07) is 6.57. The van der Waals surface area contributed by atoms with Gasteiger partial charge in [-0.25, -0.2) is 0 Å². The van der Waals surface area contributed by atoms with Crippen LogP contribution < -0.4 is 10.6 Å². The van der Waals surface area contributed by atoms with Gasteiger partial charge in [-0.15, -0.1) is 0 Å². The Hall–Kier alpha value is -1.59. The predicted octanol–water partition coefficient (Wildman–Crippen LogP) is 1.41. The fourth-order valence-electron chi connectivity index (χ4n) is 1.95. The van der Waals surface area contributed by atoms with Crippen molar-refractivity contribution in [3.8, 4) is 0 Å². The lowest BCUT2D eigenvalue weighted by molar-refractivity contribution is -0.140. The van der Waals surface area contributed by atoms with Crippen LogP contribution in [-0.2, 0) is 16.1 Å². The van der Waals surface area contributed by atoms with E-state index in [2.05, 4.69) is 10.6 Å². The highest BCUT2D eigenvalue weighted by atomic mass is 35.5. The van der Waals surface area contributed by atoms with Crippen LogP contribution in [0.15, 0.2) is 24.3 Å². The van der Waals surface area contributed by atoms with Crippen molar-refractivity contribution in [2.75, 3.05) is 6.54 Å². The van der Waals surface area contributed by atoms with E-state index < -0.39 is 12.0 Å². The van der Waals surface area contributed by atoms with E-state index in [0.717, 1.165) is 18.4 Å². The third-order valence-electron chi connectivity index (χ3n) is 3.24. The maximum absolute atomic E-state index is 11.7. The molecule has 1 atom stereocenters. The summed E-state index contributed by atoms with van der Waals surface area (Å²) in [5, 5.41) is 15.2. The number of carboxylic acid groups (broad SMARTS) is 1. The minimum Gasteiger partial charge on any atom is -0.480 e. The number of carboxylic acids is 1. The average Bonchev–Trinajstić information content (AvgIpc) is 3.22. The summed E-state index contributed by atoms with van der Waals surface area (Å²) >= 11 is 5.77. The fraction of sp³-hybridized carbons (Fsp3) is 0.429. The van der Waals surface area contributed by atoms with Crippen molar-refractivity contribution < 1.29 is 14.7 Å². The number of amides is 1. The minimum absolute atomic E-state index is 0.0149. The largest absolute Gasteiger partial charge is 0.480 e. The Morgan fingerprint density at radius 3 is 2.50 bits per heavy atom. The third-order valence-corrected chi connectivity index (χ3v) is 3.50. The molecule has 5 nitrogen and oxygen atoms in total. The Morgan fingerprint density at radius 2 is 1.95 bits per heavy atom. The summed E-state index contributed by atoms with van der Waals surface area (Å²) in [5.41, 5.74) is 0.944. The molecule has 0 radical (unpaired) electrons. The quantitative estimate of drug-likeness (QED) is 0.711. The topological polar surface area (TPSA) is 78.4 Å². The number of halogens is 1. The first kappa shape index (κ1) is 14.8. The van der Waals surface area contributed by atoms with E-state index in [1.807, 2.05) is 12.1 Å². The van der Waals surface area contributed by atoms with Crippen molar-refractivity contribution in [2.45, 2.75) is 25.4 Å². The Bertz CT molecular complexity index is 486. The lowest BCUT2D eigenvalue weighted by Crippen LogP contribution is -2.44. The monoisotopic (exact) mass is 296 g/mol. The molecule has 1 fully saturated rings. The molecule has 1 aliphatic rings. The molecule has 6 heteroatoms. The SMILES string of the molecule is O=C(CNC(C(=O)O)C1CC1)NCc1ccc(Cl)cc1. The summed E-state index contributed by atoms with van der Waals surface area (Å²) in [7, 11) is 0. The number of benzene rings is 1. The maximum atomic E-state index is 11.7. The highest BCUT2D eigenvalue weighted by molar-refractivity contribution is 6.30. The van der Waals surface area contributed by atoms with Gasteiger partial charge >= 0.3 is 5.97 Å². The predicted molar refractivity (Wildman–Crippen MR) is 75.4 cm³/mol. The van der Waals surface area contributed by atoms with Gasteiger partial charge in [0, 0.05) is 11.6 Å². The van der Waals surface area contributed by atoms with Gasteiger partial charge in [0.05, 0.1) is 6.54 Å². The lowest BCUT2D eigenvalue weighted by atomic mass is 10.2. The van der Waals surface area contributed by atoms with E-state index in [9.17, 15) is 9.59 Å². The molecule has 0 bridgehead atoms. The van der Waals surface area contributed by atoms with E-state index >= 15 is 0 Å². The molecule has 2 rings (SSSR count). The van der Waals surface area contributed by atoms with Crippen LogP contribution >= 0.6 is 11.6 Å². The number of rotatable bonds is 7. The highest BCUT2D eigenvalue weighted by Crippen LogP contribution is 2.32. The first-order chi connectivity index (χ1) is 9.56. The molecule has 1 aliphatic carbocycles. The van der Waals surface area contributed by atoms with Crippen molar-refractivity contribution in [1.29, 1.82) is 0 Å². The van der Waals surface area contributed by atoms with Crippen molar-refractivity contribution >= 4 is 23.5 Å². The van der Waals surface area contributed by atoms with E-state index in [0.29, 0.717) is 11.6 Å². The Labute approximate surface area is 122 Å². The minimum atomic E-state index is -0.891. The average molecular weight is 297 g/mol. The second-order valence-electron chi connectivity index (χ2n) is 4.94. The van der Waals surface area contributed by atoms with Crippen LogP contribution in [0, 0.1) is 5.92 Å². The van der Waals surface area contributed by atoms with Gasteiger partial charge in [0.1, 0.15) is 6.04 Å². The van der Waals surface area contributed by atoms with Gasteiger partial charge in [0.25, 0.3) is 0 Å². The Kier molecular flexibility index (Phi) is 4.98. The van der Waals surface area contributed by atoms with Gasteiger partial charge in [0.15, 0.2) is 0 Å². The third kappa shape index (κ3) is 4.51. The zero-order chi connectivity index (χ0) is 14.5. The number of nitrogens with one attached hydrogen (secondary N) is 2. The summed E-state index contributed by atoms with van der Waals surface area (Å²) in [6.45, 7) is 0.417. The zero-order valence-electron chi connectivity index (χ0n) is 10.9. The molecule has 20 heavy (non-hydrogen) atoms. The van der Waals surface area contributed by atoms with Crippen molar-refractivity contribution in [3.05, 3.63) is 34.9 Å². The van der Waals surface area contributed by atoms with Crippen LogP contribution in [-0.4, -0.2) is 29.6 Å². The highest BCUT2D eigenvalue weighted by Gasteiger charge is 2.36. The van der Waals surface area contributed by atoms with Crippen molar-refractivity contribution in [2.24, 2.45) is 5.92 Å². The molecular formula is C14H17ClN2O3. The number of carbonyl (C=O) groups excluding carboxylic acids is 1. The molecule has 3 N–H and O–H groups in total. The van der Waals surface area contributed by atoms with Crippen LogP contribution in [0.25, 0.3) is 0 Å². The number of hydrogen-bond donors (Lipinski definition) is 3. The van der Waals surface area contributed by atoms with Gasteiger partial charge in [0.2, 0.25) is 5.91 Å². The fourth-order valence-corrected chi connectivity index (χ4v) is 2.08. The van der Waals surface area contributed by atoms with Gasteiger partial charge < -0.3 is 10.4 Å². The van der Waals surface area contributed by atoms with E-state index in [1.54, 1.807) is 12.1 Å². The zero-order valence-corrected chi connectivity index (χ0v) is 11.7. The number of carbonyl (C=O) groups is 2. The molecule has 1 saturated carbocycles. The molecule has 0 spiro atoms. The van der Waals surface area contributed by atoms with Crippen LogP contribution in [0.2, 0.25) is 5.02 Å². The summed E-state index contributed by atoms with van der Waals surface area (Å²) in [4.78, 5) is 22.7. The molecule has 0 saturated heterocycles. The first-order valence-electron chi connectivity index (χ1n) is 6.53. The normalized spacial score (nSPS) is 15.7. The van der Waals surface area contributed by atoms with Crippen LogP contribution in [0.3, 0.4) is 0 Å². The molecule has 0 aromatic heterocycles. The molecular weight excluding hydrogens is 280 g/mol.